The first-order valence-corrected chi connectivity index (χ1v) is 6.29. The van der Waals surface area contributed by atoms with Gasteiger partial charge in [-0.1, -0.05) is 13.3 Å². The van der Waals surface area contributed by atoms with Crippen molar-refractivity contribution in [2.75, 3.05) is 14.2 Å². The first kappa shape index (κ1) is 13.9. The first-order valence-electron chi connectivity index (χ1n) is 6.29. The van der Waals surface area contributed by atoms with Crippen LogP contribution in [-0.4, -0.2) is 14.2 Å². The molecule has 0 aromatic heterocycles. The van der Waals surface area contributed by atoms with Gasteiger partial charge in [0.15, 0.2) is 0 Å². The fourth-order valence-corrected chi connectivity index (χ4v) is 2.39. The summed E-state index contributed by atoms with van der Waals surface area (Å²) in [7, 11) is 3.49. The van der Waals surface area contributed by atoms with Crippen LogP contribution in [0.2, 0.25) is 0 Å². The summed E-state index contributed by atoms with van der Waals surface area (Å²) in [5.74, 6) is 2.05. The predicted octanol–water partition coefficient (Wildman–Crippen LogP) is 3.97. The van der Waals surface area contributed by atoms with E-state index < -0.39 is 0 Å². The lowest BCUT2D eigenvalue weighted by Crippen LogP contribution is -2.04. The molecule has 0 fully saturated rings. The van der Waals surface area contributed by atoms with Crippen LogP contribution in [0.3, 0.4) is 0 Å². The van der Waals surface area contributed by atoms with Crippen molar-refractivity contribution in [1.29, 1.82) is 0 Å². The van der Waals surface area contributed by atoms with Crippen LogP contribution in [0.1, 0.15) is 42.0 Å². The molecule has 0 saturated heterocycles. The second-order valence-corrected chi connectivity index (χ2v) is 4.52. The molecule has 0 aliphatic rings. The van der Waals surface area contributed by atoms with Gasteiger partial charge in [0.2, 0.25) is 0 Å². The van der Waals surface area contributed by atoms with Crippen LogP contribution in [-0.2, 0) is 6.42 Å². The molecule has 0 N–H and O–H groups in total. The number of ether oxygens (including phenoxy) is 2. The molecule has 0 amide bonds. The molecule has 0 spiro atoms. The van der Waals surface area contributed by atoms with E-state index in [2.05, 4.69) is 27.7 Å². The number of hydrogen-bond donors (Lipinski definition) is 0. The van der Waals surface area contributed by atoms with E-state index in [0.717, 1.165) is 17.9 Å². The molecule has 0 unspecified atom stereocenters. The Labute approximate surface area is 105 Å². The Bertz CT molecular complexity index is 395. The van der Waals surface area contributed by atoms with Gasteiger partial charge in [0.05, 0.1) is 14.2 Å². The second-order valence-electron chi connectivity index (χ2n) is 4.52. The van der Waals surface area contributed by atoms with Gasteiger partial charge in [-0.2, -0.15) is 0 Å². The Morgan fingerprint density at radius 2 is 1.35 bits per heavy atom. The second kappa shape index (κ2) is 5.95. The van der Waals surface area contributed by atoms with Crippen LogP contribution in [0.15, 0.2) is 0 Å². The van der Waals surface area contributed by atoms with Crippen molar-refractivity contribution in [2.24, 2.45) is 0 Å². The van der Waals surface area contributed by atoms with Gasteiger partial charge in [-0.05, 0) is 50.3 Å². The fraction of sp³-hybridized carbons (Fsp3) is 0.600. The number of unbranched alkanes of at least 4 members (excludes halogenated alkanes) is 1. The highest BCUT2D eigenvalue weighted by atomic mass is 16.5. The highest BCUT2D eigenvalue weighted by molar-refractivity contribution is 5.58. The van der Waals surface area contributed by atoms with E-state index in [4.69, 9.17) is 9.47 Å². The Morgan fingerprint density at radius 3 is 1.82 bits per heavy atom. The normalized spacial score (nSPS) is 10.5. The molecule has 0 radical (unpaired) electrons. The standard InChI is InChI=1S/C15H24O2/c1-7-8-9-13-12(4)14(16-5)10(2)11(3)15(13)17-6/h7-9H2,1-6H3. The summed E-state index contributed by atoms with van der Waals surface area (Å²) in [6, 6.07) is 0. The Kier molecular flexibility index (Phi) is 4.86. The highest BCUT2D eigenvalue weighted by Gasteiger charge is 2.17. The third-order valence-corrected chi connectivity index (χ3v) is 3.50. The molecule has 2 nitrogen and oxygen atoms in total. The monoisotopic (exact) mass is 236 g/mol. The van der Waals surface area contributed by atoms with Crippen molar-refractivity contribution >= 4 is 0 Å². The summed E-state index contributed by atoms with van der Waals surface area (Å²) in [4.78, 5) is 0. The van der Waals surface area contributed by atoms with E-state index in [9.17, 15) is 0 Å². The molecule has 2 heteroatoms. The van der Waals surface area contributed by atoms with Crippen LogP contribution in [0.4, 0.5) is 0 Å². The molecule has 0 aliphatic heterocycles. The molecule has 0 bridgehead atoms. The van der Waals surface area contributed by atoms with Crippen LogP contribution in [0.25, 0.3) is 0 Å². The zero-order valence-corrected chi connectivity index (χ0v) is 11.9. The van der Waals surface area contributed by atoms with Crippen LogP contribution in [0, 0.1) is 20.8 Å². The lowest BCUT2D eigenvalue weighted by Gasteiger charge is -2.20. The van der Waals surface area contributed by atoms with Gasteiger partial charge in [0.25, 0.3) is 0 Å². The van der Waals surface area contributed by atoms with Gasteiger partial charge in [0.1, 0.15) is 11.5 Å². The van der Waals surface area contributed by atoms with E-state index in [1.54, 1.807) is 14.2 Å². The highest BCUT2D eigenvalue weighted by Crippen LogP contribution is 2.38. The maximum absolute atomic E-state index is 5.58. The number of methoxy groups -OCH3 is 2. The average molecular weight is 236 g/mol. The molecule has 0 saturated carbocycles. The summed E-state index contributed by atoms with van der Waals surface area (Å²) in [5, 5.41) is 0. The molecule has 96 valence electrons. The summed E-state index contributed by atoms with van der Waals surface area (Å²) in [5.41, 5.74) is 4.90. The van der Waals surface area contributed by atoms with E-state index in [1.807, 2.05) is 0 Å². The van der Waals surface area contributed by atoms with Gasteiger partial charge in [-0.15, -0.1) is 0 Å². The number of hydrogen-bond acceptors (Lipinski definition) is 2. The number of benzene rings is 1. The van der Waals surface area contributed by atoms with Crippen molar-refractivity contribution in [3.05, 3.63) is 22.3 Å². The van der Waals surface area contributed by atoms with Gasteiger partial charge >= 0.3 is 0 Å². The third-order valence-electron chi connectivity index (χ3n) is 3.50. The Morgan fingerprint density at radius 1 is 0.824 bits per heavy atom. The Balaban J connectivity index is 3.38. The average Bonchev–Trinajstić information content (AvgIpc) is 2.33. The molecular formula is C15H24O2. The van der Waals surface area contributed by atoms with Gasteiger partial charge < -0.3 is 9.47 Å². The Hall–Kier alpha value is -1.18. The lowest BCUT2D eigenvalue weighted by molar-refractivity contribution is 0.390. The lowest BCUT2D eigenvalue weighted by atomic mass is 9.94. The first-order chi connectivity index (χ1) is 8.08. The van der Waals surface area contributed by atoms with Crippen molar-refractivity contribution in [1.82, 2.24) is 0 Å². The minimum atomic E-state index is 1.01. The van der Waals surface area contributed by atoms with E-state index in [-0.39, 0.29) is 0 Å². The largest absolute Gasteiger partial charge is 0.496 e. The van der Waals surface area contributed by atoms with Gasteiger partial charge in [-0.25, -0.2) is 0 Å². The summed E-state index contributed by atoms with van der Waals surface area (Å²) in [6.07, 6.45) is 3.43. The molecule has 0 atom stereocenters. The predicted molar refractivity (Wildman–Crippen MR) is 72.4 cm³/mol. The van der Waals surface area contributed by atoms with Crippen molar-refractivity contribution in [3.8, 4) is 11.5 Å². The quantitative estimate of drug-likeness (QED) is 0.770. The minimum Gasteiger partial charge on any atom is -0.496 e. The van der Waals surface area contributed by atoms with Crippen molar-refractivity contribution in [2.45, 2.75) is 47.0 Å². The SMILES string of the molecule is CCCCc1c(C)c(OC)c(C)c(C)c1OC. The topological polar surface area (TPSA) is 18.5 Å². The van der Waals surface area contributed by atoms with Gasteiger partial charge in [-0.3, -0.25) is 0 Å². The fourth-order valence-electron chi connectivity index (χ4n) is 2.39. The van der Waals surface area contributed by atoms with Crippen molar-refractivity contribution < 1.29 is 9.47 Å². The molecule has 17 heavy (non-hydrogen) atoms. The van der Waals surface area contributed by atoms with E-state index >= 15 is 0 Å². The zero-order chi connectivity index (χ0) is 13.0. The van der Waals surface area contributed by atoms with Crippen LogP contribution >= 0.6 is 0 Å². The smallest absolute Gasteiger partial charge is 0.125 e. The van der Waals surface area contributed by atoms with E-state index in [0.29, 0.717) is 0 Å². The molecule has 0 heterocycles. The summed E-state index contributed by atoms with van der Waals surface area (Å²) in [6.45, 7) is 8.53. The molecule has 0 aliphatic carbocycles. The molecule has 1 aromatic carbocycles. The zero-order valence-electron chi connectivity index (χ0n) is 11.9. The molecule has 1 rings (SSSR count). The minimum absolute atomic E-state index is 1.01. The maximum atomic E-state index is 5.58. The summed E-state index contributed by atoms with van der Waals surface area (Å²) < 4.78 is 11.1. The van der Waals surface area contributed by atoms with Crippen molar-refractivity contribution in [3.63, 3.8) is 0 Å². The van der Waals surface area contributed by atoms with Crippen LogP contribution in [0.5, 0.6) is 11.5 Å². The van der Waals surface area contributed by atoms with Gasteiger partial charge in [0, 0.05) is 5.56 Å². The van der Waals surface area contributed by atoms with E-state index in [1.165, 1.54) is 35.1 Å². The molecular weight excluding hydrogens is 212 g/mol. The van der Waals surface area contributed by atoms with Crippen LogP contribution < -0.4 is 9.47 Å². The number of rotatable bonds is 5. The maximum Gasteiger partial charge on any atom is 0.125 e. The summed E-state index contributed by atoms with van der Waals surface area (Å²) >= 11 is 0. The molecule has 1 aromatic rings. The third kappa shape index (κ3) is 2.56.